The van der Waals surface area contributed by atoms with Crippen molar-refractivity contribution in [2.24, 2.45) is 0 Å². The van der Waals surface area contributed by atoms with E-state index in [1.165, 1.54) is 38.5 Å². The smallest absolute Gasteiger partial charge is 0.422 e. The van der Waals surface area contributed by atoms with E-state index >= 15 is 0 Å². The maximum Gasteiger partial charge on any atom is 0.500 e. The van der Waals surface area contributed by atoms with Gasteiger partial charge in [-0.05, 0) is 38.5 Å². The van der Waals surface area contributed by atoms with E-state index in [0.29, 0.717) is 0 Å². The first-order valence-corrected chi connectivity index (χ1v) is 22.4. The number of unbranched alkanes of at least 4 members (excludes halogenated alkanes) is 9. The molecule has 0 fully saturated rings. The third kappa shape index (κ3) is 15.6. The highest BCUT2D eigenvalue weighted by Crippen LogP contribution is 2.33. The summed E-state index contributed by atoms with van der Waals surface area (Å²) in [5.74, 6) is 0. The quantitative estimate of drug-likeness (QED) is 0.0693. The van der Waals surface area contributed by atoms with Crippen molar-refractivity contribution in [1.29, 1.82) is 0 Å². The van der Waals surface area contributed by atoms with Crippen LogP contribution in [0.15, 0.2) is 0 Å². The van der Waals surface area contributed by atoms with Crippen molar-refractivity contribution in [3.05, 3.63) is 0 Å². The Kier molecular flexibility index (Phi) is 24.9. The first kappa shape index (κ1) is 42.5. The number of hydrogen-bond donors (Lipinski definition) is 0. The van der Waals surface area contributed by atoms with Gasteiger partial charge in [0.15, 0.2) is 0 Å². The van der Waals surface area contributed by atoms with Crippen LogP contribution in [0.4, 0.5) is 0 Å². The number of hydrogen-bond acceptors (Lipinski definition) is 10. The third-order valence-electron chi connectivity index (χ3n) is 8.83. The van der Waals surface area contributed by atoms with Gasteiger partial charge in [-0.15, -0.1) is 0 Å². The van der Waals surface area contributed by atoms with Crippen molar-refractivity contribution in [2.45, 2.75) is 120 Å². The van der Waals surface area contributed by atoms with Crippen LogP contribution < -0.4 is 0 Å². The maximum absolute atomic E-state index is 6.46. The molecule has 0 spiro atoms. The minimum absolute atomic E-state index is 0.00941. The molecule has 0 N–H and O–H groups in total. The Morgan fingerprint density at radius 1 is 0.357 bits per heavy atom. The molecule has 0 saturated heterocycles. The van der Waals surface area contributed by atoms with Crippen molar-refractivity contribution < 1.29 is 44.3 Å². The minimum atomic E-state index is -2.48. The topological polar surface area (TPSA) is 92.3 Å². The molecule has 0 aromatic heterocycles. The van der Waals surface area contributed by atoms with Gasteiger partial charge in [-0.1, -0.05) is 57.8 Å². The van der Waals surface area contributed by atoms with Gasteiger partial charge >= 0.3 is 26.4 Å². The zero-order chi connectivity index (χ0) is 31.8. The average molecular weight is 675 g/mol. The highest BCUT2D eigenvalue weighted by atomic mass is 28.4. The predicted octanol–water partition coefficient (Wildman–Crippen LogP) is 5.51. The van der Waals surface area contributed by atoms with Crippen LogP contribution in [0.3, 0.4) is 0 Å². The molecule has 0 aromatic carbocycles. The Morgan fingerprint density at radius 3 is 0.762 bits per heavy atom. The van der Waals surface area contributed by atoms with Gasteiger partial charge in [0.1, 0.15) is 10.5 Å². The summed E-state index contributed by atoms with van der Waals surface area (Å²) >= 11 is 0. The van der Waals surface area contributed by atoms with Crippen molar-refractivity contribution in [1.82, 2.24) is 0 Å². The Labute approximate surface area is 264 Å². The molecule has 14 heteroatoms. The number of rotatable bonds is 31. The van der Waals surface area contributed by atoms with Crippen LogP contribution in [0.2, 0.25) is 18.1 Å². The van der Waals surface area contributed by atoms with Gasteiger partial charge in [0.2, 0.25) is 0 Å². The normalized spacial score (nSPS) is 13.4. The summed E-state index contributed by atoms with van der Waals surface area (Å²) in [4.78, 5) is 0. The monoisotopic (exact) mass is 674 g/mol. The fourth-order valence-corrected chi connectivity index (χ4v) is 11.8. The molecule has 0 bridgehead atoms. The Bertz CT molecular complexity index is 520. The van der Waals surface area contributed by atoms with Crippen molar-refractivity contribution in [3.63, 3.8) is 0 Å². The lowest BCUT2D eigenvalue weighted by Gasteiger charge is -2.34. The second kappa shape index (κ2) is 24.7. The Balaban J connectivity index is 4.85. The summed E-state index contributed by atoms with van der Waals surface area (Å²) in [5, 5.41) is 0. The lowest BCUT2D eigenvalue weighted by atomic mass is 9.85. The van der Waals surface area contributed by atoms with Gasteiger partial charge in [0, 0.05) is 82.1 Å². The fourth-order valence-electron chi connectivity index (χ4n) is 5.78. The second-order valence-electron chi connectivity index (χ2n) is 11.0. The molecule has 0 aliphatic heterocycles. The van der Waals surface area contributed by atoms with Gasteiger partial charge in [-0.2, -0.15) is 0 Å². The zero-order valence-corrected chi connectivity index (χ0v) is 33.8. The molecule has 0 aliphatic carbocycles. The maximum atomic E-state index is 6.46. The van der Waals surface area contributed by atoms with Crippen LogP contribution in [0.5, 0.6) is 0 Å². The summed E-state index contributed by atoms with van der Waals surface area (Å²) in [5.41, 5.74) is -0.00941. The van der Waals surface area contributed by atoms with Gasteiger partial charge in [0.05, 0.1) is 5.60 Å². The van der Waals surface area contributed by atoms with E-state index in [0.717, 1.165) is 86.4 Å². The summed E-state index contributed by atoms with van der Waals surface area (Å²) < 4.78 is 56.6. The molecule has 0 atom stereocenters. The van der Waals surface area contributed by atoms with E-state index in [-0.39, 0.29) is 5.60 Å². The molecule has 0 aliphatic rings. The van der Waals surface area contributed by atoms with Gasteiger partial charge in [-0.25, -0.2) is 0 Å². The Hall–Kier alpha value is 0.468. The van der Waals surface area contributed by atoms with E-state index < -0.39 is 26.4 Å². The van der Waals surface area contributed by atoms with Crippen LogP contribution in [0.1, 0.15) is 96.3 Å². The third-order valence-corrected chi connectivity index (χ3v) is 18.2. The van der Waals surface area contributed by atoms with Crippen LogP contribution >= 0.6 is 0 Å². The van der Waals surface area contributed by atoms with Gasteiger partial charge < -0.3 is 44.3 Å². The standard InChI is InChI=1S/C28H66O10Si4/c1-29-40(30-2,31-3)25-19-13-10-16-22-28(38-39,23-17-11-14-20-26-41(32-4,33-5)34-6)24-18-12-15-21-27-42(35-7,36-8)37-9/h10-27H2,1-9,39H3. The minimum Gasteiger partial charge on any atom is -0.422 e. The zero-order valence-electron chi connectivity index (χ0n) is 28.8. The van der Waals surface area contributed by atoms with E-state index in [4.69, 9.17) is 44.3 Å². The summed E-state index contributed by atoms with van der Waals surface area (Å²) in [6.07, 6.45) is 17.1. The van der Waals surface area contributed by atoms with Crippen molar-refractivity contribution >= 4 is 36.9 Å². The molecule has 0 unspecified atom stereocenters. The highest BCUT2D eigenvalue weighted by Gasteiger charge is 2.38. The molecule has 0 radical (unpaired) electrons. The van der Waals surface area contributed by atoms with Crippen molar-refractivity contribution in [2.75, 3.05) is 64.0 Å². The molecule has 42 heavy (non-hydrogen) atoms. The molecule has 0 amide bonds. The molecule has 0 rings (SSSR count). The molecule has 10 nitrogen and oxygen atoms in total. The van der Waals surface area contributed by atoms with Gasteiger partial charge in [0.25, 0.3) is 0 Å². The molecular formula is C28H66O10Si4. The highest BCUT2D eigenvalue weighted by molar-refractivity contribution is 6.61. The van der Waals surface area contributed by atoms with E-state index in [1.807, 2.05) is 0 Å². The van der Waals surface area contributed by atoms with Crippen molar-refractivity contribution in [3.8, 4) is 0 Å². The first-order chi connectivity index (χ1) is 20.2. The molecule has 0 saturated carbocycles. The average Bonchev–Trinajstić information content (AvgIpc) is 3.04. The lowest BCUT2D eigenvalue weighted by molar-refractivity contribution is 0.0422. The molecule has 254 valence electrons. The van der Waals surface area contributed by atoms with E-state index in [2.05, 4.69) is 0 Å². The lowest BCUT2D eigenvalue weighted by Crippen LogP contribution is -2.42. The molecule has 0 aromatic rings. The second-order valence-corrected chi connectivity index (χ2v) is 20.7. The Morgan fingerprint density at radius 2 is 0.571 bits per heavy atom. The molecule has 0 heterocycles. The van der Waals surface area contributed by atoms with Gasteiger partial charge in [-0.3, -0.25) is 0 Å². The SMILES string of the molecule is CO[Si](CCCCCCC(CCCCCC[Si](OC)(OC)OC)(CCCCCC[Si](OC)(OC)OC)O[SiH3])(OC)OC. The van der Waals surface area contributed by atoms with Crippen LogP contribution in [-0.4, -0.2) is 106 Å². The fraction of sp³-hybridized carbons (Fsp3) is 1.00. The van der Waals surface area contributed by atoms with Crippen LogP contribution in [0, 0.1) is 0 Å². The largest absolute Gasteiger partial charge is 0.500 e. The summed E-state index contributed by atoms with van der Waals surface area (Å²) in [6, 6.07) is 2.58. The van der Waals surface area contributed by atoms with Crippen LogP contribution in [0.25, 0.3) is 0 Å². The summed E-state index contributed by atoms with van der Waals surface area (Å²) in [7, 11) is 8.50. The predicted molar refractivity (Wildman–Crippen MR) is 178 cm³/mol. The summed E-state index contributed by atoms with van der Waals surface area (Å²) in [6.45, 7) is 0. The first-order valence-electron chi connectivity index (χ1n) is 15.7. The van der Waals surface area contributed by atoms with E-state index in [9.17, 15) is 0 Å². The molecular weight excluding hydrogens is 609 g/mol. The van der Waals surface area contributed by atoms with Crippen LogP contribution in [-0.2, 0) is 44.3 Å². The van der Waals surface area contributed by atoms with E-state index in [1.54, 1.807) is 64.0 Å².